The maximum atomic E-state index is 6.30. The summed E-state index contributed by atoms with van der Waals surface area (Å²) >= 11 is 6.30. The molecular formula is C44H51ClN18. The zero-order valence-electron chi connectivity index (χ0n) is 35.4. The van der Waals surface area contributed by atoms with Crippen LogP contribution in [0.4, 0.5) is 17.5 Å². The third-order valence-corrected chi connectivity index (χ3v) is 10.9. The normalized spacial score (nSPS) is 14.5. The minimum absolute atomic E-state index is 0.330. The highest BCUT2D eigenvalue weighted by molar-refractivity contribution is 6.33. The number of nitrogens with one attached hydrogen (secondary N) is 3. The van der Waals surface area contributed by atoms with Crippen molar-refractivity contribution in [3.63, 3.8) is 0 Å². The van der Waals surface area contributed by atoms with E-state index in [4.69, 9.17) is 37.3 Å². The minimum Gasteiger partial charge on any atom is -0.368 e. The maximum absolute atomic E-state index is 6.30. The molecule has 6 aromatic heterocycles. The number of hydrogen-bond acceptors (Lipinski definition) is 16. The number of halogens is 1. The Hall–Kier alpha value is -6.73. The first kappa shape index (κ1) is 42.9. The van der Waals surface area contributed by atoms with Crippen LogP contribution in [0.3, 0.4) is 0 Å². The van der Waals surface area contributed by atoms with Crippen LogP contribution in [0.15, 0.2) is 98.1 Å². The number of fused-ring (bicyclic) bond motifs is 2. The van der Waals surface area contributed by atoms with Crippen molar-refractivity contribution in [1.29, 1.82) is 0 Å². The Bertz CT molecular complexity index is 2630. The van der Waals surface area contributed by atoms with Gasteiger partial charge in [-0.05, 0) is 20.6 Å². The van der Waals surface area contributed by atoms with Crippen molar-refractivity contribution in [1.82, 2.24) is 69.6 Å². The summed E-state index contributed by atoms with van der Waals surface area (Å²) in [6.07, 6.45) is 12.2. The van der Waals surface area contributed by atoms with Gasteiger partial charge in [0.1, 0.15) is 17.2 Å². The van der Waals surface area contributed by atoms with Gasteiger partial charge in [0.05, 0.1) is 25.0 Å². The lowest BCUT2D eigenvalue weighted by Crippen LogP contribution is -2.44. The van der Waals surface area contributed by atoms with E-state index in [-0.39, 0.29) is 0 Å². The highest BCUT2D eigenvalue weighted by Gasteiger charge is 2.20. The fourth-order valence-electron chi connectivity index (χ4n) is 7.01. The molecule has 2 aliphatic heterocycles. The Labute approximate surface area is 370 Å². The molecule has 324 valence electrons. The molecule has 63 heavy (non-hydrogen) atoms. The fourth-order valence-corrected chi connectivity index (χ4v) is 7.22. The molecule has 18 nitrogen and oxygen atoms in total. The van der Waals surface area contributed by atoms with Crippen LogP contribution in [0.5, 0.6) is 0 Å². The fraction of sp³-hybridized carbons (Fsp3) is 0.318. The Balaban J connectivity index is 0.000000150. The van der Waals surface area contributed by atoms with Crippen LogP contribution in [-0.4, -0.2) is 149 Å². The van der Waals surface area contributed by atoms with E-state index in [1.807, 2.05) is 73.1 Å². The van der Waals surface area contributed by atoms with E-state index in [1.54, 1.807) is 25.0 Å². The number of H-pyrrole nitrogens is 2. The first-order valence-corrected chi connectivity index (χ1v) is 21.4. The zero-order chi connectivity index (χ0) is 43.4. The second-order valence-electron chi connectivity index (χ2n) is 15.2. The molecule has 2 fully saturated rings. The van der Waals surface area contributed by atoms with E-state index < -0.39 is 0 Å². The molecule has 0 aliphatic carbocycles. The monoisotopic (exact) mass is 866 g/mol. The van der Waals surface area contributed by atoms with Gasteiger partial charge >= 0.3 is 0 Å². The molecule has 8 aromatic rings. The molecule has 19 heteroatoms. The van der Waals surface area contributed by atoms with Gasteiger partial charge < -0.3 is 40.6 Å². The number of imidazole rings is 2. The number of nitrogens with zero attached hydrogens (tertiary/aromatic N) is 14. The molecular weight excluding hydrogens is 816 g/mol. The smallest absolute Gasteiger partial charge is 0.186 e. The summed E-state index contributed by atoms with van der Waals surface area (Å²) in [6, 6.07) is 19.7. The predicted octanol–water partition coefficient (Wildman–Crippen LogP) is 4.62. The summed E-state index contributed by atoms with van der Waals surface area (Å²) in [5.41, 5.74) is 11.7. The highest BCUT2D eigenvalue weighted by Crippen LogP contribution is 2.26. The highest BCUT2D eigenvalue weighted by atomic mass is 35.5. The third kappa shape index (κ3) is 11.2. The van der Waals surface area contributed by atoms with Gasteiger partial charge in [0.25, 0.3) is 0 Å². The largest absolute Gasteiger partial charge is 0.368 e. The summed E-state index contributed by atoms with van der Waals surface area (Å²) in [4.78, 5) is 60.2. The van der Waals surface area contributed by atoms with Crippen LogP contribution >= 0.6 is 11.6 Å². The van der Waals surface area contributed by atoms with Crippen LogP contribution in [0.2, 0.25) is 5.15 Å². The van der Waals surface area contributed by atoms with Crippen molar-refractivity contribution in [3.05, 3.63) is 115 Å². The number of likely N-dealkylation sites (N-methyl/N-ethyl adjacent to an activating group) is 2. The average Bonchev–Trinajstić information content (AvgIpc) is 4.06. The lowest BCUT2D eigenvalue weighted by atomic mass is 10.2. The van der Waals surface area contributed by atoms with Gasteiger partial charge in [0.2, 0.25) is 0 Å². The molecule has 2 aliphatic rings. The van der Waals surface area contributed by atoms with Crippen molar-refractivity contribution in [2.75, 3.05) is 94.7 Å². The van der Waals surface area contributed by atoms with E-state index >= 15 is 0 Å². The molecule has 0 radical (unpaired) electrons. The summed E-state index contributed by atoms with van der Waals surface area (Å²) in [5, 5.41) is 3.75. The molecule has 0 amide bonds. The summed E-state index contributed by atoms with van der Waals surface area (Å²) < 4.78 is 0. The maximum Gasteiger partial charge on any atom is 0.186 e. The van der Waals surface area contributed by atoms with Gasteiger partial charge in [-0.25, -0.2) is 49.8 Å². The number of nitrogens with two attached hydrogens (primary N) is 1. The minimum atomic E-state index is 0.330. The van der Waals surface area contributed by atoms with Gasteiger partial charge in [-0.1, -0.05) is 72.3 Å². The quantitative estimate of drug-likeness (QED) is 0.138. The molecule has 2 saturated heterocycles. The van der Waals surface area contributed by atoms with Crippen LogP contribution in [0.25, 0.3) is 45.1 Å². The van der Waals surface area contributed by atoms with Gasteiger partial charge in [-0.3, -0.25) is 0 Å². The molecule has 0 spiro atoms. The van der Waals surface area contributed by atoms with E-state index in [1.165, 1.54) is 0 Å². The summed E-state index contributed by atoms with van der Waals surface area (Å²) in [5.74, 6) is 3.60. The topological polar surface area (TPSA) is 211 Å². The SMILES string of the molecule is CN1CCN(c2cnc3c(Cl)nc(-c4ccccc4)nc3n2)CC1.CN1CCN(c2cnc3c(NCCc4cnc[nH]4)nc(-c4ccccc4)nc3n2)CC1.NCCc1cnc[nH]1. The Morgan fingerprint density at radius 2 is 1.08 bits per heavy atom. The first-order chi connectivity index (χ1) is 30.9. The van der Waals surface area contributed by atoms with Crippen LogP contribution < -0.4 is 20.9 Å². The summed E-state index contributed by atoms with van der Waals surface area (Å²) in [6.45, 7) is 9.16. The Morgan fingerprint density at radius 1 is 0.587 bits per heavy atom. The van der Waals surface area contributed by atoms with E-state index in [0.717, 1.165) is 99.4 Å². The predicted molar refractivity (Wildman–Crippen MR) is 248 cm³/mol. The number of aromatic nitrogens is 12. The number of anilines is 3. The molecule has 0 saturated carbocycles. The number of hydrogen-bond donors (Lipinski definition) is 4. The summed E-state index contributed by atoms with van der Waals surface area (Å²) in [7, 11) is 4.27. The zero-order valence-corrected chi connectivity index (χ0v) is 36.2. The van der Waals surface area contributed by atoms with Crippen molar-refractivity contribution in [2.24, 2.45) is 5.73 Å². The number of aromatic amines is 2. The lowest BCUT2D eigenvalue weighted by molar-refractivity contribution is 0.312. The molecule has 10 rings (SSSR count). The van der Waals surface area contributed by atoms with Crippen molar-refractivity contribution >= 4 is 51.4 Å². The molecule has 8 heterocycles. The number of rotatable bonds is 10. The van der Waals surface area contributed by atoms with Crippen LogP contribution in [-0.2, 0) is 12.8 Å². The van der Waals surface area contributed by atoms with Crippen molar-refractivity contribution < 1.29 is 0 Å². The van der Waals surface area contributed by atoms with Gasteiger partial charge in [-0.15, -0.1) is 0 Å². The molecule has 5 N–H and O–H groups in total. The van der Waals surface area contributed by atoms with Crippen molar-refractivity contribution in [2.45, 2.75) is 12.8 Å². The second kappa shape index (κ2) is 20.9. The lowest BCUT2D eigenvalue weighted by Gasteiger charge is -2.32. The van der Waals surface area contributed by atoms with Gasteiger partial charge in [-0.2, -0.15) is 0 Å². The third-order valence-electron chi connectivity index (χ3n) is 10.7. The van der Waals surface area contributed by atoms with Gasteiger partial charge in [0, 0.05) is 107 Å². The average molecular weight is 867 g/mol. The van der Waals surface area contributed by atoms with E-state index in [9.17, 15) is 0 Å². The van der Waals surface area contributed by atoms with E-state index in [0.29, 0.717) is 58.0 Å². The molecule has 0 bridgehead atoms. The number of benzene rings is 2. The molecule has 0 unspecified atom stereocenters. The van der Waals surface area contributed by atoms with Crippen LogP contribution in [0, 0.1) is 0 Å². The van der Waals surface area contributed by atoms with Crippen LogP contribution in [0.1, 0.15) is 11.4 Å². The van der Waals surface area contributed by atoms with Crippen molar-refractivity contribution in [3.8, 4) is 22.8 Å². The van der Waals surface area contributed by atoms with Gasteiger partial charge in [0.15, 0.2) is 39.4 Å². The first-order valence-electron chi connectivity index (χ1n) is 21.0. The standard InChI is InChI=1S/C22H25N9.C17H17ClN6.C5H9N3/c1-30-9-11-31(12-10-30)18-14-25-19-21(24-8-7-17-13-23-15-26-17)28-20(29-22(19)27-18)16-5-3-2-4-6-16;1-23-7-9-24(10-8-23)13-11-19-14-15(18)21-16(22-17(14)20-13)12-5-3-2-4-6-12;6-2-1-5-3-7-4-8-5/h2-6,13-15H,7-12H2,1H3,(H,23,26)(H,24,27,28,29);2-6,11H,7-10H2,1H3;3-4H,1-2,6H2,(H,7,8). The number of piperazine rings is 2. The Morgan fingerprint density at radius 3 is 1.59 bits per heavy atom. The molecule has 2 aromatic carbocycles. The molecule has 0 atom stereocenters. The second-order valence-corrected chi connectivity index (χ2v) is 15.6. The van der Waals surface area contributed by atoms with E-state index in [2.05, 4.69) is 78.9 Å². The Kier molecular flexibility index (Phi) is 14.2.